The Labute approximate surface area is 150 Å². The van der Waals surface area contributed by atoms with E-state index in [4.69, 9.17) is 9.47 Å². The number of hydrogen-bond acceptors (Lipinski definition) is 5. The second-order valence-electron chi connectivity index (χ2n) is 6.86. The highest BCUT2D eigenvalue weighted by Crippen LogP contribution is 2.43. The topological polar surface area (TPSA) is 80.3 Å². The molecule has 2 aromatic heterocycles. The first kappa shape index (κ1) is 15.3. The van der Waals surface area contributed by atoms with Gasteiger partial charge in [0.2, 0.25) is 0 Å². The molecule has 0 unspecified atom stereocenters. The molecule has 7 nitrogen and oxygen atoms in total. The molecule has 1 fully saturated rings. The summed E-state index contributed by atoms with van der Waals surface area (Å²) >= 11 is 0. The minimum atomic E-state index is -0.450. The predicted octanol–water partition coefficient (Wildman–Crippen LogP) is 2.16. The SMILES string of the molecule is COc1ccc2[nH]c(C(=O)N3CC4(C3)OCc3nc(C)ncc34)cc2c1. The highest BCUT2D eigenvalue weighted by Gasteiger charge is 2.52. The van der Waals surface area contributed by atoms with Crippen LogP contribution in [0.3, 0.4) is 0 Å². The van der Waals surface area contributed by atoms with E-state index < -0.39 is 5.60 Å². The van der Waals surface area contributed by atoms with Gasteiger partial charge in [0, 0.05) is 22.7 Å². The van der Waals surface area contributed by atoms with Crippen molar-refractivity contribution in [1.82, 2.24) is 19.9 Å². The molecule has 5 rings (SSSR count). The number of nitrogens with zero attached hydrogens (tertiary/aromatic N) is 3. The van der Waals surface area contributed by atoms with Gasteiger partial charge < -0.3 is 19.4 Å². The Hall–Kier alpha value is -2.93. The second kappa shape index (κ2) is 5.28. The Morgan fingerprint density at radius 3 is 3.00 bits per heavy atom. The lowest BCUT2D eigenvalue weighted by Crippen LogP contribution is -2.61. The van der Waals surface area contributed by atoms with Crippen molar-refractivity contribution in [3.63, 3.8) is 0 Å². The van der Waals surface area contributed by atoms with E-state index in [1.165, 1.54) is 0 Å². The van der Waals surface area contributed by atoms with Gasteiger partial charge in [0.05, 0.1) is 32.5 Å². The average molecular weight is 350 g/mol. The summed E-state index contributed by atoms with van der Waals surface area (Å²) in [5, 5.41) is 0.953. The summed E-state index contributed by atoms with van der Waals surface area (Å²) in [6.45, 7) is 3.38. The number of methoxy groups -OCH3 is 1. The molecule has 1 saturated heterocycles. The van der Waals surface area contributed by atoms with Gasteiger partial charge in [-0.3, -0.25) is 4.79 Å². The lowest BCUT2D eigenvalue weighted by atomic mass is 9.87. The number of aromatic amines is 1. The molecule has 0 saturated carbocycles. The Morgan fingerprint density at radius 2 is 2.19 bits per heavy atom. The summed E-state index contributed by atoms with van der Waals surface area (Å²) in [4.78, 5) is 26.5. The number of aryl methyl sites for hydroxylation is 1. The van der Waals surface area contributed by atoms with Gasteiger partial charge in [-0.2, -0.15) is 0 Å². The van der Waals surface area contributed by atoms with Gasteiger partial charge in [-0.15, -0.1) is 0 Å². The number of H-pyrrole nitrogens is 1. The third kappa shape index (κ3) is 2.13. The van der Waals surface area contributed by atoms with E-state index in [0.717, 1.165) is 33.7 Å². The molecule has 7 heteroatoms. The Morgan fingerprint density at radius 1 is 1.35 bits per heavy atom. The van der Waals surface area contributed by atoms with Crippen molar-refractivity contribution in [2.24, 2.45) is 0 Å². The van der Waals surface area contributed by atoms with Crippen LogP contribution < -0.4 is 4.74 Å². The number of ether oxygens (including phenoxy) is 2. The van der Waals surface area contributed by atoms with Gasteiger partial charge in [0.15, 0.2) is 0 Å². The summed E-state index contributed by atoms with van der Waals surface area (Å²) in [5.41, 5.74) is 2.97. The van der Waals surface area contributed by atoms with E-state index in [2.05, 4.69) is 15.0 Å². The average Bonchev–Trinajstić information content (AvgIpc) is 3.20. The molecule has 3 aromatic rings. The third-order valence-electron chi connectivity index (χ3n) is 5.20. The first-order valence-electron chi connectivity index (χ1n) is 8.51. The second-order valence-corrected chi connectivity index (χ2v) is 6.86. The van der Waals surface area contributed by atoms with Crippen molar-refractivity contribution >= 4 is 16.8 Å². The maximum Gasteiger partial charge on any atom is 0.270 e. The zero-order valence-corrected chi connectivity index (χ0v) is 14.6. The molecule has 0 aliphatic carbocycles. The Bertz CT molecular complexity index is 1040. The largest absolute Gasteiger partial charge is 0.497 e. The molecule has 1 aromatic carbocycles. The van der Waals surface area contributed by atoms with Crippen LogP contribution in [0.2, 0.25) is 0 Å². The number of carbonyl (C=O) groups is 1. The van der Waals surface area contributed by atoms with Crippen molar-refractivity contribution in [2.75, 3.05) is 20.2 Å². The zero-order valence-electron chi connectivity index (χ0n) is 14.6. The molecule has 0 atom stereocenters. The van der Waals surface area contributed by atoms with Crippen LogP contribution in [0.1, 0.15) is 27.6 Å². The van der Waals surface area contributed by atoms with Crippen LogP contribution in [-0.4, -0.2) is 46.0 Å². The highest BCUT2D eigenvalue weighted by atomic mass is 16.5. The molecule has 1 amide bonds. The number of benzene rings is 1. The lowest BCUT2D eigenvalue weighted by Gasteiger charge is -2.47. The fourth-order valence-corrected chi connectivity index (χ4v) is 3.79. The number of nitrogens with one attached hydrogen (secondary N) is 1. The van der Waals surface area contributed by atoms with Gasteiger partial charge >= 0.3 is 0 Å². The van der Waals surface area contributed by atoms with E-state index in [0.29, 0.717) is 25.4 Å². The van der Waals surface area contributed by atoms with Gasteiger partial charge in [0.25, 0.3) is 5.91 Å². The molecule has 1 spiro atoms. The third-order valence-corrected chi connectivity index (χ3v) is 5.20. The summed E-state index contributed by atoms with van der Waals surface area (Å²) in [5.74, 6) is 1.48. The molecule has 26 heavy (non-hydrogen) atoms. The highest BCUT2D eigenvalue weighted by molar-refractivity contribution is 5.98. The fraction of sp³-hybridized carbons (Fsp3) is 0.316. The summed E-state index contributed by atoms with van der Waals surface area (Å²) in [6.07, 6.45) is 1.84. The fourth-order valence-electron chi connectivity index (χ4n) is 3.79. The smallest absolute Gasteiger partial charge is 0.270 e. The minimum Gasteiger partial charge on any atom is -0.497 e. The maximum absolute atomic E-state index is 12.8. The molecule has 4 heterocycles. The number of rotatable bonds is 2. The van der Waals surface area contributed by atoms with E-state index in [1.54, 1.807) is 12.0 Å². The molecule has 2 aliphatic heterocycles. The zero-order chi connectivity index (χ0) is 17.9. The molecular weight excluding hydrogens is 332 g/mol. The van der Waals surface area contributed by atoms with E-state index >= 15 is 0 Å². The van der Waals surface area contributed by atoms with Crippen molar-refractivity contribution < 1.29 is 14.3 Å². The van der Waals surface area contributed by atoms with Crippen LogP contribution in [0.25, 0.3) is 10.9 Å². The molecule has 132 valence electrons. The van der Waals surface area contributed by atoms with Crippen LogP contribution in [0, 0.1) is 6.92 Å². The van der Waals surface area contributed by atoms with Crippen molar-refractivity contribution in [3.8, 4) is 5.75 Å². The van der Waals surface area contributed by atoms with E-state index in [1.807, 2.05) is 37.4 Å². The number of fused-ring (bicyclic) bond motifs is 3. The van der Waals surface area contributed by atoms with Gasteiger partial charge in [-0.05, 0) is 31.2 Å². The number of amides is 1. The normalized spacial score (nSPS) is 17.4. The van der Waals surface area contributed by atoms with E-state index in [9.17, 15) is 4.79 Å². The van der Waals surface area contributed by atoms with E-state index in [-0.39, 0.29) is 5.91 Å². The first-order chi connectivity index (χ1) is 12.6. The van der Waals surface area contributed by atoms with Crippen molar-refractivity contribution in [3.05, 3.63) is 53.2 Å². The van der Waals surface area contributed by atoms with Crippen LogP contribution in [0.15, 0.2) is 30.5 Å². The van der Waals surface area contributed by atoms with Gasteiger partial charge in [0.1, 0.15) is 22.9 Å². The standard InChI is InChI=1S/C19H18N4O3/c1-11-20-7-14-17(21-11)8-26-19(14)9-23(10-19)18(24)16-6-12-5-13(25-2)3-4-15(12)22-16/h3-7,22H,8-10H2,1-2H3. The van der Waals surface area contributed by atoms with Crippen LogP contribution >= 0.6 is 0 Å². The number of likely N-dealkylation sites (tertiary alicyclic amines) is 1. The monoisotopic (exact) mass is 350 g/mol. The first-order valence-corrected chi connectivity index (χ1v) is 8.51. The number of aromatic nitrogens is 3. The molecule has 1 N–H and O–H groups in total. The summed E-state index contributed by atoms with van der Waals surface area (Å²) in [6, 6.07) is 7.56. The van der Waals surface area contributed by atoms with Crippen molar-refractivity contribution in [1.29, 1.82) is 0 Å². The maximum atomic E-state index is 12.8. The van der Waals surface area contributed by atoms with Crippen LogP contribution in [0.4, 0.5) is 0 Å². The summed E-state index contributed by atoms with van der Waals surface area (Å²) < 4.78 is 11.2. The van der Waals surface area contributed by atoms with Crippen LogP contribution in [-0.2, 0) is 16.9 Å². The number of carbonyl (C=O) groups excluding carboxylic acids is 1. The quantitative estimate of drug-likeness (QED) is 0.766. The molecule has 0 bridgehead atoms. The van der Waals surface area contributed by atoms with Crippen molar-refractivity contribution in [2.45, 2.75) is 19.1 Å². The van der Waals surface area contributed by atoms with Crippen LogP contribution in [0.5, 0.6) is 5.75 Å². The molecule has 0 radical (unpaired) electrons. The Balaban J connectivity index is 1.38. The Kier molecular flexibility index (Phi) is 3.12. The van der Waals surface area contributed by atoms with Gasteiger partial charge in [-0.25, -0.2) is 9.97 Å². The summed E-state index contributed by atoms with van der Waals surface area (Å²) in [7, 11) is 1.63. The lowest BCUT2D eigenvalue weighted by molar-refractivity contribution is -0.126. The molecule has 2 aliphatic rings. The minimum absolute atomic E-state index is 0.0316. The molecular formula is C19H18N4O3. The predicted molar refractivity (Wildman–Crippen MR) is 94.0 cm³/mol. The number of hydrogen-bond donors (Lipinski definition) is 1. The van der Waals surface area contributed by atoms with Gasteiger partial charge in [-0.1, -0.05) is 0 Å².